The fourth-order valence-electron chi connectivity index (χ4n) is 2.78. The van der Waals surface area contributed by atoms with Gasteiger partial charge in [-0.3, -0.25) is 9.20 Å². The summed E-state index contributed by atoms with van der Waals surface area (Å²) in [6, 6.07) is 9.63. The number of aromatic nitrogens is 2. The molecule has 0 fully saturated rings. The number of imidazole rings is 1. The lowest BCUT2D eigenvalue weighted by Crippen LogP contribution is -1.95. The highest BCUT2D eigenvalue weighted by Crippen LogP contribution is 2.37. The van der Waals surface area contributed by atoms with Crippen molar-refractivity contribution in [2.24, 2.45) is 0 Å². The Kier molecular flexibility index (Phi) is 4.03. The van der Waals surface area contributed by atoms with Crippen LogP contribution in [0.5, 0.6) is 11.5 Å². The molecule has 0 unspecified atom stereocenters. The number of ether oxygens (including phenoxy) is 2. The van der Waals surface area contributed by atoms with Gasteiger partial charge in [-0.2, -0.15) is 0 Å². The Morgan fingerprint density at radius 3 is 2.64 bits per heavy atom. The topological polar surface area (TPSA) is 52.8 Å². The smallest absolute Gasteiger partial charge is 0.195 e. The molecule has 3 heterocycles. The molecule has 0 saturated carbocycles. The second kappa shape index (κ2) is 6.34. The molecule has 1 aromatic carbocycles. The molecule has 5 nitrogen and oxygen atoms in total. The first-order chi connectivity index (χ1) is 12.3. The Labute approximate surface area is 152 Å². The van der Waals surface area contributed by atoms with Crippen LogP contribution in [0.15, 0.2) is 41.1 Å². The van der Waals surface area contributed by atoms with E-state index in [2.05, 4.69) is 4.98 Å². The number of carbonyl (C=O) groups is 1. The highest BCUT2D eigenvalue weighted by molar-refractivity contribution is 7.15. The highest BCUT2D eigenvalue weighted by atomic mass is 32.1. The van der Waals surface area contributed by atoms with Crippen molar-refractivity contribution in [3.63, 3.8) is 0 Å². The quantitative estimate of drug-likeness (QED) is 0.481. The van der Waals surface area contributed by atoms with E-state index in [1.807, 2.05) is 45.5 Å². The number of nitrogens with zero attached hydrogens (tertiary/aromatic N) is 2. The van der Waals surface area contributed by atoms with Gasteiger partial charge in [-0.1, -0.05) is 6.07 Å². The van der Waals surface area contributed by atoms with Gasteiger partial charge in [0.15, 0.2) is 22.7 Å². The van der Waals surface area contributed by atoms with Crippen LogP contribution in [-0.4, -0.2) is 29.9 Å². The summed E-state index contributed by atoms with van der Waals surface area (Å²) in [5.41, 5.74) is 3.11. The molecule has 4 aromatic rings. The third-order valence-corrected chi connectivity index (χ3v) is 5.65. The van der Waals surface area contributed by atoms with Crippen LogP contribution >= 0.6 is 22.7 Å². The van der Waals surface area contributed by atoms with Gasteiger partial charge in [0.05, 0.1) is 24.8 Å². The number of aldehydes is 1. The molecular formula is C18H14N2O3S2. The average Bonchev–Trinajstić information content (AvgIpc) is 3.36. The molecular weight excluding hydrogens is 356 g/mol. The molecule has 0 aliphatic heterocycles. The number of hydrogen-bond acceptors (Lipinski definition) is 6. The van der Waals surface area contributed by atoms with E-state index in [0.29, 0.717) is 17.2 Å². The van der Waals surface area contributed by atoms with E-state index >= 15 is 0 Å². The van der Waals surface area contributed by atoms with Crippen LogP contribution in [0.3, 0.4) is 0 Å². The van der Waals surface area contributed by atoms with Crippen molar-refractivity contribution >= 4 is 33.9 Å². The highest BCUT2D eigenvalue weighted by Gasteiger charge is 2.19. The number of methoxy groups -OCH3 is 2. The van der Waals surface area contributed by atoms with Crippen molar-refractivity contribution in [2.45, 2.75) is 0 Å². The van der Waals surface area contributed by atoms with Gasteiger partial charge in [-0.15, -0.1) is 22.7 Å². The molecule has 0 aliphatic carbocycles. The number of thiazole rings is 1. The summed E-state index contributed by atoms with van der Waals surface area (Å²) >= 11 is 3.08. The first-order valence-corrected chi connectivity index (χ1v) is 9.24. The van der Waals surface area contributed by atoms with Gasteiger partial charge in [0.2, 0.25) is 0 Å². The Hall–Kier alpha value is -2.64. The number of fused-ring (bicyclic) bond motifs is 1. The SMILES string of the molecule is COc1ccc(-c2csc3nc(-c4cccs4)c(C=O)n23)cc1OC. The molecule has 126 valence electrons. The molecule has 7 heteroatoms. The zero-order valence-corrected chi connectivity index (χ0v) is 15.2. The van der Waals surface area contributed by atoms with Crippen molar-refractivity contribution in [3.05, 3.63) is 46.8 Å². The number of rotatable bonds is 5. The monoisotopic (exact) mass is 370 g/mol. The van der Waals surface area contributed by atoms with Crippen LogP contribution in [-0.2, 0) is 0 Å². The van der Waals surface area contributed by atoms with Crippen molar-refractivity contribution < 1.29 is 14.3 Å². The van der Waals surface area contributed by atoms with E-state index in [-0.39, 0.29) is 0 Å². The van der Waals surface area contributed by atoms with E-state index in [1.54, 1.807) is 25.6 Å². The van der Waals surface area contributed by atoms with E-state index in [1.165, 1.54) is 11.3 Å². The Morgan fingerprint density at radius 1 is 1.12 bits per heavy atom. The van der Waals surface area contributed by atoms with Crippen LogP contribution in [0.25, 0.3) is 26.8 Å². The standard InChI is InChI=1S/C18H14N2O3S2/c1-22-14-6-5-11(8-15(14)23-2)13-10-25-18-19-17(12(9-21)20(13)18)16-4-3-7-24-16/h3-10H,1-2H3. The van der Waals surface area contributed by atoms with E-state index in [9.17, 15) is 4.79 Å². The Balaban J connectivity index is 1.93. The molecule has 25 heavy (non-hydrogen) atoms. The molecule has 0 aliphatic rings. The Bertz CT molecular complexity index is 1050. The van der Waals surface area contributed by atoms with Gasteiger partial charge in [0.1, 0.15) is 11.4 Å². The zero-order valence-electron chi connectivity index (χ0n) is 13.6. The lowest BCUT2D eigenvalue weighted by molar-refractivity contribution is 0.111. The van der Waals surface area contributed by atoms with Crippen LogP contribution < -0.4 is 9.47 Å². The molecule has 0 spiro atoms. The minimum Gasteiger partial charge on any atom is -0.493 e. The van der Waals surface area contributed by atoms with Crippen molar-refractivity contribution in [1.82, 2.24) is 9.38 Å². The van der Waals surface area contributed by atoms with Gasteiger partial charge in [-0.05, 0) is 29.6 Å². The third-order valence-electron chi connectivity index (χ3n) is 3.94. The lowest BCUT2D eigenvalue weighted by atomic mass is 10.1. The minimum atomic E-state index is 0.559. The second-order valence-corrected chi connectivity index (χ2v) is 7.03. The maximum atomic E-state index is 11.8. The minimum absolute atomic E-state index is 0.559. The van der Waals surface area contributed by atoms with Crippen molar-refractivity contribution in [3.8, 4) is 33.3 Å². The predicted octanol–water partition coefficient (Wildman–Crippen LogP) is 4.62. The summed E-state index contributed by atoms with van der Waals surface area (Å²) in [5, 5.41) is 3.97. The van der Waals surface area contributed by atoms with Gasteiger partial charge < -0.3 is 9.47 Å². The summed E-state index contributed by atoms with van der Waals surface area (Å²) in [7, 11) is 3.21. The fourth-order valence-corrected chi connectivity index (χ4v) is 4.41. The first-order valence-electron chi connectivity index (χ1n) is 7.48. The molecule has 0 bridgehead atoms. The largest absolute Gasteiger partial charge is 0.493 e. The van der Waals surface area contributed by atoms with Gasteiger partial charge in [0, 0.05) is 10.9 Å². The molecule has 4 rings (SSSR count). The average molecular weight is 370 g/mol. The van der Waals surface area contributed by atoms with Gasteiger partial charge in [0.25, 0.3) is 0 Å². The normalized spacial score (nSPS) is 11.0. The van der Waals surface area contributed by atoms with Crippen molar-refractivity contribution in [2.75, 3.05) is 14.2 Å². The molecule has 0 atom stereocenters. The van der Waals surface area contributed by atoms with Crippen LogP contribution in [0.2, 0.25) is 0 Å². The summed E-state index contributed by atoms with van der Waals surface area (Å²) < 4.78 is 12.6. The molecule has 0 N–H and O–H groups in total. The summed E-state index contributed by atoms with van der Waals surface area (Å²) in [4.78, 5) is 18.2. The third kappa shape index (κ3) is 2.52. The van der Waals surface area contributed by atoms with Crippen molar-refractivity contribution in [1.29, 1.82) is 0 Å². The van der Waals surface area contributed by atoms with E-state index in [0.717, 1.165) is 33.1 Å². The number of carbonyl (C=O) groups excluding carboxylic acids is 1. The fraction of sp³-hybridized carbons (Fsp3) is 0.111. The summed E-state index contributed by atoms with van der Waals surface area (Å²) in [6.45, 7) is 0. The zero-order chi connectivity index (χ0) is 17.4. The molecule has 3 aromatic heterocycles. The summed E-state index contributed by atoms with van der Waals surface area (Å²) in [5.74, 6) is 1.31. The van der Waals surface area contributed by atoms with Gasteiger partial charge >= 0.3 is 0 Å². The number of thiophene rings is 1. The van der Waals surface area contributed by atoms with E-state index in [4.69, 9.17) is 9.47 Å². The first kappa shape index (κ1) is 15.9. The Morgan fingerprint density at radius 2 is 1.96 bits per heavy atom. The van der Waals surface area contributed by atoms with Gasteiger partial charge in [-0.25, -0.2) is 4.98 Å². The molecule has 0 amide bonds. The number of hydrogen-bond donors (Lipinski definition) is 0. The maximum absolute atomic E-state index is 11.8. The number of benzene rings is 1. The lowest BCUT2D eigenvalue weighted by Gasteiger charge is -2.09. The van der Waals surface area contributed by atoms with Crippen LogP contribution in [0, 0.1) is 0 Å². The predicted molar refractivity (Wildman–Crippen MR) is 100 cm³/mol. The maximum Gasteiger partial charge on any atom is 0.195 e. The van der Waals surface area contributed by atoms with Crippen LogP contribution in [0.1, 0.15) is 10.5 Å². The molecule has 0 saturated heterocycles. The summed E-state index contributed by atoms with van der Waals surface area (Å²) in [6.07, 6.45) is 0.867. The molecule has 0 radical (unpaired) electrons. The van der Waals surface area contributed by atoms with Crippen LogP contribution in [0.4, 0.5) is 0 Å². The second-order valence-electron chi connectivity index (χ2n) is 5.25. The van der Waals surface area contributed by atoms with E-state index < -0.39 is 0 Å².